The molecule has 0 unspecified atom stereocenters. The number of nitrogen functional groups attached to an aromatic ring is 1. The molecule has 1 aliphatic rings. The van der Waals surface area contributed by atoms with Crippen molar-refractivity contribution in [3.05, 3.63) is 16.0 Å². The third-order valence-corrected chi connectivity index (χ3v) is 4.83. The van der Waals surface area contributed by atoms with Crippen LogP contribution in [0.1, 0.15) is 57.0 Å². The first-order valence-electron chi connectivity index (χ1n) is 7.58. The molecule has 5 nitrogen and oxygen atoms in total. The van der Waals surface area contributed by atoms with Crippen LogP contribution in [0.5, 0.6) is 0 Å². The molecular weight excluding hydrogens is 334 g/mol. The molecule has 1 aromatic rings. The molecule has 0 spiro atoms. The molecule has 1 aliphatic carbocycles. The van der Waals surface area contributed by atoms with E-state index in [-0.39, 0.29) is 0 Å². The summed E-state index contributed by atoms with van der Waals surface area (Å²) in [6, 6.07) is 0. The minimum Gasteiger partial charge on any atom is -0.383 e. The third-order valence-electron chi connectivity index (χ3n) is 3.97. The van der Waals surface area contributed by atoms with Gasteiger partial charge in [0.05, 0.1) is 16.8 Å². The Kier molecular flexibility index (Phi) is 5.96. The van der Waals surface area contributed by atoms with Gasteiger partial charge in [-0.1, -0.05) is 25.7 Å². The van der Waals surface area contributed by atoms with Crippen LogP contribution < -0.4 is 5.73 Å². The molecule has 0 aliphatic heterocycles. The smallest absolute Gasteiger partial charge is 0.163 e. The number of nitrogens with two attached hydrogens (primary N) is 1. The summed E-state index contributed by atoms with van der Waals surface area (Å²) in [5.74, 6) is 1.16. The van der Waals surface area contributed by atoms with Crippen LogP contribution in [0.25, 0.3) is 0 Å². The Labute approximate surface area is 134 Å². The molecule has 0 aromatic carbocycles. The summed E-state index contributed by atoms with van der Waals surface area (Å²) in [6.07, 6.45) is 6.66. The fraction of sp³-hybridized carbons (Fsp3) is 0.733. The van der Waals surface area contributed by atoms with Crippen molar-refractivity contribution in [2.45, 2.75) is 57.7 Å². The van der Waals surface area contributed by atoms with Gasteiger partial charge >= 0.3 is 0 Å². The van der Waals surface area contributed by atoms with Crippen LogP contribution in [-0.4, -0.2) is 23.7 Å². The van der Waals surface area contributed by atoms with Crippen LogP contribution >= 0.6 is 15.9 Å². The van der Waals surface area contributed by atoms with Crippen molar-refractivity contribution in [2.24, 2.45) is 0 Å². The molecule has 2 N–H and O–H groups in total. The highest BCUT2D eigenvalue weighted by molar-refractivity contribution is 9.10. The maximum atomic E-state index is 6.13. The summed E-state index contributed by atoms with van der Waals surface area (Å²) < 4.78 is 12.1. The topological polar surface area (TPSA) is 70.3 Å². The van der Waals surface area contributed by atoms with Crippen molar-refractivity contribution < 1.29 is 9.47 Å². The fourth-order valence-corrected chi connectivity index (χ4v) is 3.25. The zero-order valence-electron chi connectivity index (χ0n) is 12.8. The number of ether oxygens (including phenoxy) is 2. The Morgan fingerprint density at radius 3 is 2.43 bits per heavy atom. The van der Waals surface area contributed by atoms with Gasteiger partial charge in [-0.05, 0) is 35.7 Å². The third kappa shape index (κ3) is 3.73. The minimum absolute atomic E-state index is 0.400. The first-order valence-corrected chi connectivity index (χ1v) is 8.37. The second-order valence-corrected chi connectivity index (χ2v) is 6.26. The molecular formula is C15H24BrN3O2. The summed E-state index contributed by atoms with van der Waals surface area (Å²) in [5.41, 5.74) is 6.42. The van der Waals surface area contributed by atoms with Gasteiger partial charge in [-0.15, -0.1) is 0 Å². The van der Waals surface area contributed by atoms with Gasteiger partial charge in [0.15, 0.2) is 5.82 Å². The Morgan fingerprint density at radius 1 is 1.19 bits per heavy atom. The van der Waals surface area contributed by atoms with Gasteiger partial charge in [0.1, 0.15) is 11.4 Å². The molecule has 0 saturated heterocycles. The molecule has 0 bridgehead atoms. The highest BCUT2D eigenvalue weighted by Gasteiger charge is 2.37. The van der Waals surface area contributed by atoms with Gasteiger partial charge in [0, 0.05) is 13.7 Å². The van der Waals surface area contributed by atoms with Crippen molar-refractivity contribution in [1.82, 2.24) is 9.97 Å². The van der Waals surface area contributed by atoms with E-state index in [0.717, 1.165) is 31.4 Å². The van der Waals surface area contributed by atoms with Crippen LogP contribution in [0.15, 0.2) is 4.47 Å². The van der Waals surface area contributed by atoms with Gasteiger partial charge in [-0.3, -0.25) is 0 Å². The molecule has 0 atom stereocenters. The second-order valence-electron chi connectivity index (χ2n) is 5.47. The molecule has 1 saturated carbocycles. The molecule has 0 radical (unpaired) electrons. The number of anilines is 1. The standard InChI is InChI=1S/C15H24BrN3O2/c1-3-21-15(8-6-4-5-7-9-15)14-18-11(10-20-2)12(16)13(17)19-14/h3-10H2,1-2H3,(H2,17,18,19). The van der Waals surface area contributed by atoms with E-state index in [9.17, 15) is 0 Å². The Hall–Kier alpha value is -0.720. The lowest BCUT2D eigenvalue weighted by Crippen LogP contribution is -2.32. The molecule has 118 valence electrons. The summed E-state index contributed by atoms with van der Waals surface area (Å²) in [4.78, 5) is 9.20. The van der Waals surface area contributed by atoms with Gasteiger partial charge < -0.3 is 15.2 Å². The van der Waals surface area contributed by atoms with Crippen molar-refractivity contribution >= 4 is 21.7 Å². The molecule has 1 fully saturated rings. The number of hydrogen-bond donors (Lipinski definition) is 1. The molecule has 0 amide bonds. The van der Waals surface area contributed by atoms with Crippen LogP contribution in [0.2, 0.25) is 0 Å². The lowest BCUT2D eigenvalue weighted by atomic mass is 9.93. The van der Waals surface area contributed by atoms with Gasteiger partial charge in [-0.2, -0.15) is 0 Å². The fourth-order valence-electron chi connectivity index (χ4n) is 2.96. The van der Waals surface area contributed by atoms with Crippen LogP contribution in [0.3, 0.4) is 0 Å². The van der Waals surface area contributed by atoms with E-state index in [2.05, 4.69) is 20.9 Å². The van der Waals surface area contributed by atoms with Crippen molar-refractivity contribution in [1.29, 1.82) is 0 Å². The van der Waals surface area contributed by atoms with Crippen LogP contribution in [-0.2, 0) is 21.7 Å². The highest BCUT2D eigenvalue weighted by atomic mass is 79.9. The maximum Gasteiger partial charge on any atom is 0.163 e. The number of methoxy groups -OCH3 is 1. The van der Waals surface area contributed by atoms with Gasteiger partial charge in [0.2, 0.25) is 0 Å². The summed E-state index contributed by atoms with van der Waals surface area (Å²) in [7, 11) is 1.65. The summed E-state index contributed by atoms with van der Waals surface area (Å²) >= 11 is 3.44. The maximum absolute atomic E-state index is 6.13. The molecule has 1 heterocycles. The number of hydrogen-bond acceptors (Lipinski definition) is 5. The average Bonchev–Trinajstić information content (AvgIpc) is 2.71. The zero-order valence-corrected chi connectivity index (χ0v) is 14.4. The SMILES string of the molecule is CCOC1(c2nc(N)c(Br)c(COC)n2)CCCCCC1. The summed E-state index contributed by atoms with van der Waals surface area (Å²) in [6.45, 7) is 3.08. The predicted octanol–water partition coefficient (Wildman–Crippen LogP) is 3.55. The lowest BCUT2D eigenvalue weighted by Gasteiger charge is -2.31. The molecule has 2 rings (SSSR count). The van der Waals surface area contributed by atoms with Crippen LogP contribution in [0.4, 0.5) is 5.82 Å². The van der Waals surface area contributed by atoms with E-state index >= 15 is 0 Å². The van der Waals surface area contributed by atoms with E-state index in [0.29, 0.717) is 29.3 Å². The van der Waals surface area contributed by atoms with Crippen molar-refractivity contribution in [3.63, 3.8) is 0 Å². The van der Waals surface area contributed by atoms with E-state index in [1.165, 1.54) is 12.8 Å². The zero-order chi connectivity index (χ0) is 15.3. The normalized spacial score (nSPS) is 18.4. The van der Waals surface area contributed by atoms with E-state index in [1.807, 2.05) is 6.92 Å². The molecule has 1 aromatic heterocycles. The minimum atomic E-state index is -0.400. The summed E-state index contributed by atoms with van der Waals surface area (Å²) in [5, 5.41) is 0. The van der Waals surface area contributed by atoms with E-state index in [1.54, 1.807) is 7.11 Å². The van der Waals surface area contributed by atoms with Crippen LogP contribution in [0, 0.1) is 0 Å². The largest absolute Gasteiger partial charge is 0.383 e. The first-order chi connectivity index (χ1) is 10.1. The Morgan fingerprint density at radius 2 is 1.86 bits per heavy atom. The molecule has 21 heavy (non-hydrogen) atoms. The number of nitrogens with zero attached hydrogens (tertiary/aromatic N) is 2. The monoisotopic (exact) mass is 357 g/mol. The average molecular weight is 358 g/mol. The highest BCUT2D eigenvalue weighted by Crippen LogP contribution is 2.39. The van der Waals surface area contributed by atoms with E-state index in [4.69, 9.17) is 20.2 Å². The first kappa shape index (κ1) is 16.6. The second kappa shape index (κ2) is 7.51. The quantitative estimate of drug-likeness (QED) is 0.815. The van der Waals surface area contributed by atoms with E-state index < -0.39 is 5.60 Å². The molecule has 6 heteroatoms. The Bertz CT molecular complexity index is 474. The van der Waals surface area contributed by atoms with Crippen molar-refractivity contribution in [3.8, 4) is 0 Å². The van der Waals surface area contributed by atoms with Gasteiger partial charge in [0.25, 0.3) is 0 Å². The number of rotatable bonds is 5. The predicted molar refractivity (Wildman–Crippen MR) is 85.9 cm³/mol. The number of halogens is 1. The van der Waals surface area contributed by atoms with Gasteiger partial charge in [-0.25, -0.2) is 9.97 Å². The number of aromatic nitrogens is 2. The van der Waals surface area contributed by atoms with Crippen molar-refractivity contribution in [2.75, 3.05) is 19.5 Å². The Balaban J connectivity index is 2.43. The lowest BCUT2D eigenvalue weighted by molar-refractivity contribution is -0.0626.